The zero-order chi connectivity index (χ0) is 14.9. The number of methoxy groups -OCH3 is 1. The lowest BCUT2D eigenvalue weighted by Crippen LogP contribution is -2.52. The normalized spacial score (nSPS) is 21.6. The van der Waals surface area contributed by atoms with Crippen molar-refractivity contribution in [2.45, 2.75) is 26.3 Å². The number of amides is 1. The first kappa shape index (κ1) is 14.2. The van der Waals surface area contributed by atoms with Gasteiger partial charge in [0.05, 0.1) is 7.11 Å². The zero-order valence-electron chi connectivity index (χ0n) is 12.0. The van der Waals surface area contributed by atoms with Gasteiger partial charge in [-0.2, -0.15) is 0 Å². The Hall–Kier alpha value is -2.24. The van der Waals surface area contributed by atoms with Gasteiger partial charge in [-0.15, -0.1) is 0 Å². The van der Waals surface area contributed by atoms with Crippen molar-refractivity contribution in [1.82, 2.24) is 4.98 Å². The highest BCUT2D eigenvalue weighted by Crippen LogP contribution is 2.34. The van der Waals surface area contributed by atoms with Crippen LogP contribution in [-0.4, -0.2) is 35.8 Å². The third kappa shape index (κ3) is 1.97. The molecule has 0 spiro atoms. The number of carbonyl (C=O) groups is 2. The molecule has 1 atom stereocenters. The molecule has 0 aliphatic carbocycles. The first-order valence-electron chi connectivity index (χ1n) is 6.34. The molecule has 106 valence electrons. The highest BCUT2D eigenvalue weighted by atomic mass is 16.5. The topological polar surface area (TPSA) is 71.9 Å². The maximum Gasteiger partial charge on any atom is 0.341 e. The number of ether oxygens (including phenoxy) is 1. The number of aromatic nitrogens is 1. The summed E-state index contributed by atoms with van der Waals surface area (Å²) in [5, 5.41) is 0. The summed E-state index contributed by atoms with van der Waals surface area (Å²) < 4.78 is 4.76. The largest absolute Gasteiger partial charge is 0.465 e. The standard InChI is InChI=1S/C14H17N3O3/c1-9(2)14(3)13(19)16-8-17(14)11-10(12(18)20-4)6-5-7-15-11/h5-9H,1-4H3. The van der Waals surface area contributed by atoms with Gasteiger partial charge in [0.2, 0.25) is 0 Å². The van der Waals surface area contributed by atoms with E-state index < -0.39 is 11.5 Å². The van der Waals surface area contributed by atoms with Crippen molar-refractivity contribution in [3.8, 4) is 0 Å². The van der Waals surface area contributed by atoms with Crippen LogP contribution in [-0.2, 0) is 9.53 Å². The van der Waals surface area contributed by atoms with Crippen LogP contribution in [0.15, 0.2) is 23.3 Å². The molecular formula is C14H17N3O3. The molecule has 1 amide bonds. The number of esters is 1. The SMILES string of the molecule is COC(=O)c1cccnc1N1C=NC(=O)C1(C)C(C)C. The molecule has 0 radical (unpaired) electrons. The minimum absolute atomic E-state index is 0.00463. The molecule has 1 aliphatic heterocycles. The Morgan fingerprint density at radius 2 is 2.15 bits per heavy atom. The van der Waals surface area contributed by atoms with E-state index in [9.17, 15) is 9.59 Å². The molecule has 0 saturated heterocycles. The predicted molar refractivity (Wildman–Crippen MR) is 74.8 cm³/mol. The summed E-state index contributed by atoms with van der Waals surface area (Å²) in [5.74, 6) is -0.351. The summed E-state index contributed by atoms with van der Waals surface area (Å²) in [4.78, 5) is 33.7. The number of hydrogen-bond acceptors (Lipinski definition) is 5. The van der Waals surface area contributed by atoms with Crippen LogP contribution in [0.2, 0.25) is 0 Å². The Morgan fingerprint density at radius 3 is 2.75 bits per heavy atom. The molecule has 0 aromatic carbocycles. The maximum absolute atomic E-state index is 12.1. The molecule has 1 unspecified atom stereocenters. The summed E-state index contributed by atoms with van der Waals surface area (Å²) in [6.07, 6.45) is 3.00. The fourth-order valence-corrected chi connectivity index (χ4v) is 2.12. The van der Waals surface area contributed by atoms with Gasteiger partial charge in [0, 0.05) is 6.20 Å². The summed E-state index contributed by atoms with van der Waals surface area (Å²) in [5.41, 5.74) is -0.542. The highest BCUT2D eigenvalue weighted by Gasteiger charge is 2.47. The van der Waals surface area contributed by atoms with E-state index in [-0.39, 0.29) is 11.8 Å². The lowest BCUT2D eigenvalue weighted by molar-refractivity contribution is -0.122. The van der Waals surface area contributed by atoms with Crippen LogP contribution in [0.25, 0.3) is 0 Å². The van der Waals surface area contributed by atoms with E-state index in [2.05, 4.69) is 9.98 Å². The lowest BCUT2D eigenvalue weighted by Gasteiger charge is -2.36. The Bertz CT molecular complexity index is 583. The average molecular weight is 275 g/mol. The van der Waals surface area contributed by atoms with Crippen molar-refractivity contribution < 1.29 is 14.3 Å². The second kappa shape index (κ2) is 5.03. The van der Waals surface area contributed by atoms with E-state index in [0.717, 1.165) is 0 Å². The van der Waals surface area contributed by atoms with Crippen molar-refractivity contribution in [3.05, 3.63) is 23.9 Å². The molecule has 6 heteroatoms. The van der Waals surface area contributed by atoms with Gasteiger partial charge in [0.25, 0.3) is 5.91 Å². The van der Waals surface area contributed by atoms with Gasteiger partial charge in [-0.3, -0.25) is 4.79 Å². The number of hydrogen-bond donors (Lipinski definition) is 0. The van der Waals surface area contributed by atoms with Crippen LogP contribution in [0.4, 0.5) is 5.82 Å². The van der Waals surface area contributed by atoms with Gasteiger partial charge in [-0.25, -0.2) is 14.8 Å². The summed E-state index contributed by atoms with van der Waals surface area (Å²) >= 11 is 0. The van der Waals surface area contributed by atoms with Crippen LogP contribution in [0.5, 0.6) is 0 Å². The van der Waals surface area contributed by atoms with Crippen molar-refractivity contribution in [1.29, 1.82) is 0 Å². The molecule has 20 heavy (non-hydrogen) atoms. The van der Waals surface area contributed by atoms with Gasteiger partial charge in [-0.1, -0.05) is 13.8 Å². The quantitative estimate of drug-likeness (QED) is 0.784. The fraction of sp³-hybridized carbons (Fsp3) is 0.429. The van der Waals surface area contributed by atoms with Crippen LogP contribution in [0.1, 0.15) is 31.1 Å². The molecular weight excluding hydrogens is 258 g/mol. The summed E-state index contributed by atoms with van der Waals surface area (Å²) in [6, 6.07) is 3.27. The number of rotatable bonds is 3. The van der Waals surface area contributed by atoms with E-state index in [1.807, 2.05) is 13.8 Å². The van der Waals surface area contributed by atoms with Gasteiger partial charge in [-0.05, 0) is 25.0 Å². The molecule has 0 N–H and O–H groups in total. The van der Waals surface area contributed by atoms with Crippen molar-refractivity contribution in [2.24, 2.45) is 10.9 Å². The summed E-state index contributed by atoms with van der Waals surface area (Å²) in [7, 11) is 1.31. The third-order valence-electron chi connectivity index (χ3n) is 3.77. The molecule has 0 fully saturated rings. The number of aliphatic imine (C=N–C) groups is 1. The van der Waals surface area contributed by atoms with Crippen molar-refractivity contribution in [3.63, 3.8) is 0 Å². The van der Waals surface area contributed by atoms with Gasteiger partial charge in [0.1, 0.15) is 23.3 Å². The first-order chi connectivity index (χ1) is 9.42. The second-order valence-corrected chi connectivity index (χ2v) is 5.09. The molecule has 2 rings (SSSR count). The smallest absolute Gasteiger partial charge is 0.341 e. The number of nitrogens with zero attached hydrogens (tertiary/aromatic N) is 3. The number of anilines is 1. The minimum atomic E-state index is -0.850. The highest BCUT2D eigenvalue weighted by molar-refractivity contribution is 6.10. The van der Waals surface area contributed by atoms with Gasteiger partial charge < -0.3 is 9.64 Å². The Kier molecular flexibility index (Phi) is 3.57. The second-order valence-electron chi connectivity index (χ2n) is 5.09. The molecule has 6 nitrogen and oxygen atoms in total. The van der Waals surface area contributed by atoms with Crippen molar-refractivity contribution >= 4 is 24.0 Å². The third-order valence-corrected chi connectivity index (χ3v) is 3.77. The van der Waals surface area contributed by atoms with E-state index in [4.69, 9.17) is 4.74 Å². The Balaban J connectivity index is 2.54. The average Bonchev–Trinajstić information content (AvgIpc) is 2.75. The van der Waals surface area contributed by atoms with E-state index in [0.29, 0.717) is 11.4 Å². The minimum Gasteiger partial charge on any atom is -0.465 e. The molecule has 1 aromatic rings. The van der Waals surface area contributed by atoms with E-state index in [1.165, 1.54) is 13.4 Å². The van der Waals surface area contributed by atoms with E-state index >= 15 is 0 Å². The summed E-state index contributed by atoms with van der Waals surface area (Å²) in [6.45, 7) is 5.66. The lowest BCUT2D eigenvalue weighted by atomic mass is 9.86. The molecule has 1 aromatic heterocycles. The molecule has 1 aliphatic rings. The van der Waals surface area contributed by atoms with Crippen LogP contribution < -0.4 is 4.90 Å². The number of carbonyl (C=O) groups excluding carboxylic acids is 2. The van der Waals surface area contributed by atoms with Crippen LogP contribution in [0.3, 0.4) is 0 Å². The first-order valence-corrected chi connectivity index (χ1v) is 6.34. The maximum atomic E-state index is 12.1. The van der Waals surface area contributed by atoms with Crippen LogP contribution >= 0.6 is 0 Å². The fourth-order valence-electron chi connectivity index (χ4n) is 2.12. The number of pyridine rings is 1. The molecule has 2 heterocycles. The predicted octanol–water partition coefficient (Wildman–Crippen LogP) is 1.66. The van der Waals surface area contributed by atoms with Crippen LogP contribution in [0, 0.1) is 5.92 Å². The molecule has 0 saturated carbocycles. The van der Waals surface area contributed by atoms with Crippen molar-refractivity contribution in [2.75, 3.05) is 12.0 Å². The zero-order valence-corrected chi connectivity index (χ0v) is 12.0. The molecule has 0 bridgehead atoms. The van der Waals surface area contributed by atoms with Gasteiger partial charge >= 0.3 is 5.97 Å². The Labute approximate surface area is 117 Å². The monoisotopic (exact) mass is 275 g/mol. The Morgan fingerprint density at radius 1 is 1.45 bits per heavy atom. The van der Waals surface area contributed by atoms with E-state index in [1.54, 1.807) is 30.2 Å². The van der Waals surface area contributed by atoms with Gasteiger partial charge in [0.15, 0.2) is 0 Å².